The molecular formula is C14H22N4O. The van der Waals surface area contributed by atoms with E-state index in [-0.39, 0.29) is 11.7 Å². The number of likely N-dealkylation sites (N-methyl/N-ethyl adjacent to an activating group) is 1. The summed E-state index contributed by atoms with van der Waals surface area (Å²) >= 11 is 0. The van der Waals surface area contributed by atoms with Crippen LogP contribution in [0.3, 0.4) is 0 Å². The molecule has 2 unspecified atom stereocenters. The third-order valence-corrected chi connectivity index (χ3v) is 3.21. The van der Waals surface area contributed by atoms with Crippen molar-refractivity contribution in [2.75, 3.05) is 20.6 Å². The Bertz CT molecular complexity index is 599. The molecule has 2 aromatic rings. The van der Waals surface area contributed by atoms with Crippen molar-refractivity contribution in [1.29, 1.82) is 0 Å². The lowest BCUT2D eigenvalue weighted by Crippen LogP contribution is -2.37. The van der Waals surface area contributed by atoms with Gasteiger partial charge in [-0.05, 0) is 45.6 Å². The zero-order valence-electron chi connectivity index (χ0n) is 11.9. The second kappa shape index (κ2) is 5.59. The van der Waals surface area contributed by atoms with E-state index in [1.807, 2.05) is 18.2 Å². The zero-order chi connectivity index (χ0) is 14.0. The number of hydrogen-bond acceptors (Lipinski definition) is 3. The molecule has 0 radical (unpaired) electrons. The van der Waals surface area contributed by atoms with Gasteiger partial charge in [-0.25, -0.2) is 4.79 Å². The Morgan fingerprint density at radius 1 is 1.21 bits per heavy atom. The molecule has 2 rings (SSSR count). The Morgan fingerprint density at radius 3 is 2.58 bits per heavy atom. The molecule has 2 atom stereocenters. The van der Waals surface area contributed by atoms with Gasteiger partial charge >= 0.3 is 5.69 Å². The van der Waals surface area contributed by atoms with E-state index in [0.29, 0.717) is 6.04 Å². The lowest BCUT2D eigenvalue weighted by atomic mass is 10.1. The average Bonchev–Trinajstić information content (AvgIpc) is 2.66. The Hall–Kier alpha value is -1.59. The van der Waals surface area contributed by atoms with Crippen molar-refractivity contribution in [2.24, 2.45) is 0 Å². The van der Waals surface area contributed by atoms with E-state index in [0.717, 1.165) is 17.6 Å². The average molecular weight is 262 g/mol. The number of aromatic amines is 2. The van der Waals surface area contributed by atoms with Crippen molar-refractivity contribution in [2.45, 2.75) is 25.9 Å². The number of hydrogen-bond donors (Lipinski definition) is 3. The minimum atomic E-state index is -0.159. The van der Waals surface area contributed by atoms with Gasteiger partial charge in [0.25, 0.3) is 0 Å². The summed E-state index contributed by atoms with van der Waals surface area (Å²) in [6.45, 7) is 5.30. The molecule has 19 heavy (non-hydrogen) atoms. The summed E-state index contributed by atoms with van der Waals surface area (Å²) in [5.41, 5.74) is 2.72. The van der Waals surface area contributed by atoms with Gasteiger partial charge in [0.15, 0.2) is 0 Å². The molecule has 1 heterocycles. The highest BCUT2D eigenvalue weighted by molar-refractivity contribution is 5.75. The first kappa shape index (κ1) is 13.8. The van der Waals surface area contributed by atoms with E-state index in [2.05, 4.69) is 48.1 Å². The van der Waals surface area contributed by atoms with Gasteiger partial charge in [0.2, 0.25) is 0 Å². The third kappa shape index (κ3) is 3.45. The lowest BCUT2D eigenvalue weighted by molar-refractivity contribution is 0.334. The molecule has 0 aliphatic rings. The molecule has 0 amide bonds. The zero-order valence-corrected chi connectivity index (χ0v) is 11.9. The molecule has 5 heteroatoms. The first-order valence-electron chi connectivity index (χ1n) is 6.58. The number of imidazole rings is 1. The molecule has 0 spiro atoms. The predicted molar refractivity (Wildman–Crippen MR) is 78.5 cm³/mol. The molecule has 0 aliphatic carbocycles. The fraction of sp³-hybridized carbons (Fsp3) is 0.500. The quantitative estimate of drug-likeness (QED) is 0.764. The molecule has 5 nitrogen and oxygen atoms in total. The van der Waals surface area contributed by atoms with Gasteiger partial charge in [-0.1, -0.05) is 6.07 Å². The number of benzene rings is 1. The first-order chi connectivity index (χ1) is 8.95. The standard InChI is InChI=1S/C14H22N4O/c1-9(8-18(3)4)15-10(2)11-5-6-12-13(7-11)17-14(19)16-12/h5-7,9-10,15H,8H2,1-4H3,(H2,16,17,19). The van der Waals surface area contributed by atoms with Crippen LogP contribution in [0.15, 0.2) is 23.0 Å². The van der Waals surface area contributed by atoms with Gasteiger partial charge in [-0.2, -0.15) is 0 Å². The van der Waals surface area contributed by atoms with Crippen molar-refractivity contribution in [3.05, 3.63) is 34.2 Å². The molecule has 0 saturated heterocycles. The van der Waals surface area contributed by atoms with Crippen LogP contribution in [-0.2, 0) is 0 Å². The Labute approximate surface area is 113 Å². The normalized spacial score (nSPS) is 15.0. The van der Waals surface area contributed by atoms with Crippen LogP contribution in [0, 0.1) is 0 Å². The number of nitrogens with zero attached hydrogens (tertiary/aromatic N) is 1. The number of H-pyrrole nitrogens is 2. The maximum atomic E-state index is 11.2. The van der Waals surface area contributed by atoms with E-state index in [1.54, 1.807) is 0 Å². The molecule has 1 aromatic heterocycles. The SMILES string of the molecule is CC(CN(C)C)NC(C)c1ccc2[nH]c(=O)[nH]c2c1. The van der Waals surface area contributed by atoms with Gasteiger partial charge in [-0.3, -0.25) is 0 Å². The Morgan fingerprint density at radius 2 is 1.89 bits per heavy atom. The molecule has 0 aliphatic heterocycles. The second-order valence-corrected chi connectivity index (χ2v) is 5.44. The Balaban J connectivity index is 2.12. The topological polar surface area (TPSA) is 63.9 Å². The van der Waals surface area contributed by atoms with Crippen molar-refractivity contribution in [3.63, 3.8) is 0 Å². The van der Waals surface area contributed by atoms with Crippen molar-refractivity contribution in [1.82, 2.24) is 20.2 Å². The largest absolute Gasteiger partial charge is 0.323 e. The lowest BCUT2D eigenvalue weighted by Gasteiger charge is -2.23. The van der Waals surface area contributed by atoms with Crippen LogP contribution in [0.25, 0.3) is 11.0 Å². The summed E-state index contributed by atoms with van der Waals surface area (Å²) in [7, 11) is 4.14. The van der Waals surface area contributed by atoms with Gasteiger partial charge in [0.05, 0.1) is 11.0 Å². The molecule has 0 fully saturated rings. The minimum Gasteiger partial charge on any atom is -0.308 e. The van der Waals surface area contributed by atoms with Crippen LogP contribution in [0.2, 0.25) is 0 Å². The maximum Gasteiger partial charge on any atom is 0.323 e. The molecule has 0 bridgehead atoms. The van der Waals surface area contributed by atoms with Crippen LogP contribution in [0.4, 0.5) is 0 Å². The Kier molecular flexibility index (Phi) is 4.07. The summed E-state index contributed by atoms with van der Waals surface area (Å²) in [6, 6.07) is 6.67. The third-order valence-electron chi connectivity index (χ3n) is 3.21. The summed E-state index contributed by atoms with van der Waals surface area (Å²) in [6.07, 6.45) is 0. The van der Waals surface area contributed by atoms with Gasteiger partial charge in [0, 0.05) is 18.6 Å². The minimum absolute atomic E-state index is 0.159. The highest BCUT2D eigenvalue weighted by Crippen LogP contribution is 2.17. The molecule has 104 valence electrons. The van der Waals surface area contributed by atoms with Crippen molar-refractivity contribution >= 4 is 11.0 Å². The fourth-order valence-electron chi connectivity index (χ4n) is 2.44. The van der Waals surface area contributed by atoms with Crippen molar-refractivity contribution in [3.8, 4) is 0 Å². The summed E-state index contributed by atoms with van der Waals surface area (Å²) in [5, 5.41) is 3.56. The van der Waals surface area contributed by atoms with E-state index < -0.39 is 0 Å². The monoisotopic (exact) mass is 262 g/mol. The number of rotatable bonds is 5. The van der Waals surface area contributed by atoms with Gasteiger partial charge in [0.1, 0.15) is 0 Å². The highest BCUT2D eigenvalue weighted by atomic mass is 16.1. The van der Waals surface area contributed by atoms with E-state index >= 15 is 0 Å². The van der Waals surface area contributed by atoms with Crippen LogP contribution in [0.5, 0.6) is 0 Å². The molecular weight excluding hydrogens is 240 g/mol. The second-order valence-electron chi connectivity index (χ2n) is 5.44. The summed E-state index contributed by atoms with van der Waals surface area (Å²) in [4.78, 5) is 18.9. The predicted octanol–water partition coefficient (Wildman–Crippen LogP) is 1.46. The molecule has 1 aromatic carbocycles. The first-order valence-corrected chi connectivity index (χ1v) is 6.58. The van der Waals surface area contributed by atoms with Gasteiger partial charge in [-0.15, -0.1) is 0 Å². The van der Waals surface area contributed by atoms with Crippen LogP contribution >= 0.6 is 0 Å². The van der Waals surface area contributed by atoms with Crippen LogP contribution < -0.4 is 11.0 Å². The number of fused-ring (bicyclic) bond motifs is 1. The number of aromatic nitrogens is 2. The molecule has 3 N–H and O–H groups in total. The fourth-order valence-corrected chi connectivity index (χ4v) is 2.44. The van der Waals surface area contributed by atoms with Crippen LogP contribution in [0.1, 0.15) is 25.5 Å². The smallest absolute Gasteiger partial charge is 0.308 e. The van der Waals surface area contributed by atoms with Gasteiger partial charge < -0.3 is 20.2 Å². The highest BCUT2D eigenvalue weighted by Gasteiger charge is 2.11. The van der Waals surface area contributed by atoms with Crippen LogP contribution in [-0.4, -0.2) is 41.5 Å². The van der Waals surface area contributed by atoms with Crippen molar-refractivity contribution < 1.29 is 0 Å². The van der Waals surface area contributed by atoms with E-state index in [9.17, 15) is 4.79 Å². The number of nitrogens with one attached hydrogen (secondary N) is 3. The summed E-state index contributed by atoms with van der Waals surface area (Å²) in [5.74, 6) is 0. The maximum absolute atomic E-state index is 11.2. The van der Waals surface area contributed by atoms with E-state index in [1.165, 1.54) is 5.56 Å². The molecule has 0 saturated carbocycles. The summed E-state index contributed by atoms with van der Waals surface area (Å²) < 4.78 is 0. The van der Waals surface area contributed by atoms with E-state index in [4.69, 9.17) is 0 Å².